The summed E-state index contributed by atoms with van der Waals surface area (Å²) in [6.45, 7) is 4.81. The second-order valence-corrected chi connectivity index (χ2v) is 4.52. The van der Waals surface area contributed by atoms with Crippen molar-refractivity contribution in [3.05, 3.63) is 48.0 Å². The van der Waals surface area contributed by atoms with Crippen LogP contribution in [0.2, 0.25) is 0 Å². The molecule has 0 radical (unpaired) electrons. The molecule has 0 spiro atoms. The van der Waals surface area contributed by atoms with Gasteiger partial charge < -0.3 is 10.2 Å². The maximum absolute atomic E-state index is 5.78. The van der Waals surface area contributed by atoms with Crippen molar-refractivity contribution in [2.24, 2.45) is 11.7 Å². The molecule has 3 heteroatoms. The molecule has 0 saturated heterocycles. The third-order valence-corrected chi connectivity index (χ3v) is 2.88. The highest BCUT2D eigenvalue weighted by atomic mass is 16.3. The Morgan fingerprint density at radius 2 is 2.22 bits per heavy atom. The Balaban J connectivity index is 2.26. The molecule has 0 fully saturated rings. The molecule has 94 valence electrons. The van der Waals surface area contributed by atoms with Gasteiger partial charge in [0.05, 0.1) is 0 Å². The maximum Gasteiger partial charge on any atom is 0.136 e. The van der Waals surface area contributed by atoms with Crippen molar-refractivity contribution in [3.8, 4) is 11.3 Å². The van der Waals surface area contributed by atoms with Crippen molar-refractivity contribution in [2.45, 2.75) is 13.8 Å². The molecule has 0 amide bonds. The van der Waals surface area contributed by atoms with Gasteiger partial charge in [0.25, 0.3) is 0 Å². The molecular formula is C15H18N2O. The molecule has 0 atom stereocenters. The number of nitrogens with two attached hydrogens (primary N) is 1. The average Bonchev–Trinajstić information content (AvgIpc) is 2.85. The van der Waals surface area contributed by atoms with Gasteiger partial charge in [0.15, 0.2) is 0 Å². The van der Waals surface area contributed by atoms with Crippen LogP contribution >= 0.6 is 0 Å². The normalized spacial score (nSPS) is 12.1. The summed E-state index contributed by atoms with van der Waals surface area (Å²) in [5, 5.41) is 0. The zero-order chi connectivity index (χ0) is 13.0. The van der Waals surface area contributed by atoms with Crippen LogP contribution < -0.4 is 5.73 Å². The molecule has 0 aromatic carbocycles. The molecule has 2 aromatic heterocycles. The predicted octanol–water partition coefficient (Wildman–Crippen LogP) is 3.34. The molecular weight excluding hydrogens is 224 g/mol. The Morgan fingerprint density at radius 1 is 1.39 bits per heavy atom. The first-order valence-corrected chi connectivity index (χ1v) is 6.11. The lowest BCUT2D eigenvalue weighted by molar-refractivity contribution is 0.569. The predicted molar refractivity (Wildman–Crippen MR) is 73.8 cm³/mol. The summed E-state index contributed by atoms with van der Waals surface area (Å²) in [6.07, 6.45) is 5.56. The standard InChI is InChI=1S/C15H18N2O/c1-11(2)13(9-16)8-14-5-6-15(18-14)12-4-3-7-17-10-12/h3-8,10-11H,9,16H2,1-2H3. The highest BCUT2D eigenvalue weighted by Crippen LogP contribution is 2.23. The number of rotatable bonds is 4. The number of furan rings is 1. The van der Waals surface area contributed by atoms with Gasteiger partial charge in [0, 0.05) is 24.5 Å². The molecule has 2 N–H and O–H groups in total. The summed E-state index contributed by atoms with van der Waals surface area (Å²) in [5.41, 5.74) is 7.88. The van der Waals surface area contributed by atoms with Gasteiger partial charge in [-0.15, -0.1) is 0 Å². The van der Waals surface area contributed by atoms with E-state index in [1.807, 2.05) is 30.3 Å². The van der Waals surface area contributed by atoms with Crippen LogP contribution in [0.5, 0.6) is 0 Å². The van der Waals surface area contributed by atoms with E-state index >= 15 is 0 Å². The van der Waals surface area contributed by atoms with E-state index < -0.39 is 0 Å². The fourth-order valence-electron chi connectivity index (χ4n) is 1.74. The van der Waals surface area contributed by atoms with Gasteiger partial charge in [-0.1, -0.05) is 19.4 Å². The van der Waals surface area contributed by atoms with Crippen molar-refractivity contribution in [1.29, 1.82) is 0 Å². The van der Waals surface area contributed by atoms with Crippen LogP contribution in [0.4, 0.5) is 0 Å². The lowest BCUT2D eigenvalue weighted by Gasteiger charge is -2.07. The van der Waals surface area contributed by atoms with E-state index in [9.17, 15) is 0 Å². The van der Waals surface area contributed by atoms with Gasteiger partial charge in [-0.3, -0.25) is 4.98 Å². The molecule has 0 saturated carbocycles. The van der Waals surface area contributed by atoms with E-state index in [0.717, 1.165) is 17.1 Å². The number of hydrogen-bond donors (Lipinski definition) is 1. The molecule has 18 heavy (non-hydrogen) atoms. The molecule has 2 aromatic rings. The molecule has 3 nitrogen and oxygen atoms in total. The highest BCUT2D eigenvalue weighted by Gasteiger charge is 2.06. The quantitative estimate of drug-likeness (QED) is 0.894. The Hall–Kier alpha value is -1.87. The molecule has 0 aliphatic carbocycles. The summed E-state index contributed by atoms with van der Waals surface area (Å²) in [4.78, 5) is 4.08. The van der Waals surface area contributed by atoms with E-state index in [1.54, 1.807) is 12.4 Å². The first-order chi connectivity index (χ1) is 8.70. The smallest absolute Gasteiger partial charge is 0.136 e. The molecule has 0 unspecified atom stereocenters. The third kappa shape index (κ3) is 2.87. The SMILES string of the molecule is CC(C)C(=Cc1ccc(-c2cccnc2)o1)CN. The zero-order valence-electron chi connectivity index (χ0n) is 10.8. The second-order valence-electron chi connectivity index (χ2n) is 4.52. The monoisotopic (exact) mass is 242 g/mol. The number of pyridine rings is 1. The summed E-state index contributed by atoms with van der Waals surface area (Å²) < 4.78 is 5.78. The Morgan fingerprint density at radius 3 is 2.83 bits per heavy atom. The van der Waals surface area contributed by atoms with Gasteiger partial charge in [-0.2, -0.15) is 0 Å². The van der Waals surface area contributed by atoms with Crippen LogP contribution in [-0.2, 0) is 0 Å². The summed E-state index contributed by atoms with van der Waals surface area (Å²) in [7, 11) is 0. The molecule has 0 bridgehead atoms. The van der Waals surface area contributed by atoms with E-state index in [-0.39, 0.29) is 0 Å². The summed E-state index contributed by atoms with van der Waals surface area (Å²) >= 11 is 0. The largest absolute Gasteiger partial charge is 0.457 e. The van der Waals surface area contributed by atoms with Crippen LogP contribution in [0.3, 0.4) is 0 Å². The molecule has 0 aliphatic heterocycles. The first-order valence-electron chi connectivity index (χ1n) is 6.11. The Kier molecular flexibility index (Phi) is 3.95. The van der Waals surface area contributed by atoms with Crippen molar-refractivity contribution in [2.75, 3.05) is 6.54 Å². The fourth-order valence-corrected chi connectivity index (χ4v) is 1.74. The van der Waals surface area contributed by atoms with Gasteiger partial charge in [0.1, 0.15) is 11.5 Å². The van der Waals surface area contributed by atoms with Crippen LogP contribution in [-0.4, -0.2) is 11.5 Å². The van der Waals surface area contributed by atoms with Crippen LogP contribution in [0, 0.1) is 5.92 Å². The lowest BCUT2D eigenvalue weighted by Crippen LogP contribution is -2.07. The maximum atomic E-state index is 5.78. The van der Waals surface area contributed by atoms with Crippen molar-refractivity contribution >= 4 is 6.08 Å². The zero-order valence-corrected chi connectivity index (χ0v) is 10.8. The van der Waals surface area contributed by atoms with Gasteiger partial charge in [0.2, 0.25) is 0 Å². The van der Waals surface area contributed by atoms with Crippen LogP contribution in [0.15, 0.2) is 46.6 Å². The highest BCUT2D eigenvalue weighted by molar-refractivity contribution is 5.59. The van der Waals surface area contributed by atoms with Crippen LogP contribution in [0.1, 0.15) is 19.6 Å². The molecule has 2 rings (SSSR count). The topological polar surface area (TPSA) is 52.0 Å². The lowest BCUT2D eigenvalue weighted by atomic mass is 10.0. The number of aromatic nitrogens is 1. The van der Waals surface area contributed by atoms with Crippen molar-refractivity contribution in [3.63, 3.8) is 0 Å². The summed E-state index contributed by atoms with van der Waals surface area (Å²) in [6, 6.07) is 7.79. The number of hydrogen-bond acceptors (Lipinski definition) is 3. The molecule has 0 aliphatic rings. The number of nitrogens with zero attached hydrogens (tertiary/aromatic N) is 1. The average molecular weight is 242 g/mol. The molecule has 2 heterocycles. The van der Waals surface area contributed by atoms with E-state index in [2.05, 4.69) is 18.8 Å². The first kappa shape index (κ1) is 12.6. The van der Waals surface area contributed by atoms with Crippen LogP contribution in [0.25, 0.3) is 17.4 Å². The van der Waals surface area contributed by atoms with Gasteiger partial charge in [-0.25, -0.2) is 0 Å². The Bertz CT molecular complexity index is 526. The minimum atomic E-state index is 0.432. The minimum Gasteiger partial charge on any atom is -0.457 e. The van der Waals surface area contributed by atoms with E-state index in [1.165, 1.54) is 5.57 Å². The van der Waals surface area contributed by atoms with Gasteiger partial charge in [-0.05, 0) is 36.3 Å². The second kappa shape index (κ2) is 5.65. The Labute approximate surface area is 107 Å². The van der Waals surface area contributed by atoms with Crippen molar-refractivity contribution in [1.82, 2.24) is 4.98 Å². The fraction of sp³-hybridized carbons (Fsp3) is 0.267. The van der Waals surface area contributed by atoms with Gasteiger partial charge >= 0.3 is 0 Å². The minimum absolute atomic E-state index is 0.432. The van der Waals surface area contributed by atoms with E-state index in [4.69, 9.17) is 10.2 Å². The van der Waals surface area contributed by atoms with E-state index in [0.29, 0.717) is 12.5 Å². The van der Waals surface area contributed by atoms with Crippen molar-refractivity contribution < 1.29 is 4.42 Å². The summed E-state index contributed by atoms with van der Waals surface area (Å²) in [5.74, 6) is 2.10. The third-order valence-electron chi connectivity index (χ3n) is 2.88.